The molecule has 1 heterocycles. The van der Waals surface area contributed by atoms with E-state index in [0.29, 0.717) is 13.2 Å². The van der Waals surface area contributed by atoms with Crippen molar-refractivity contribution in [3.05, 3.63) is 22.4 Å². The van der Waals surface area contributed by atoms with E-state index < -0.39 is 12.0 Å². The third-order valence-corrected chi connectivity index (χ3v) is 2.47. The predicted molar refractivity (Wildman–Crippen MR) is 58.6 cm³/mol. The molecule has 0 aromatic carbocycles. The maximum absolute atomic E-state index is 11.1. The van der Waals surface area contributed by atoms with Gasteiger partial charge in [0.1, 0.15) is 6.04 Å². The predicted octanol–water partition coefficient (Wildman–Crippen LogP) is 1.16. The summed E-state index contributed by atoms with van der Waals surface area (Å²) in [7, 11) is 0. The molecular weight excluding hydrogens is 214 g/mol. The normalized spacial score (nSPS) is 12.4. The minimum atomic E-state index is -0.691. The first-order chi connectivity index (χ1) is 7.24. The number of carbonyl (C=O) groups is 1. The van der Waals surface area contributed by atoms with Crippen molar-refractivity contribution in [3.63, 3.8) is 0 Å². The van der Waals surface area contributed by atoms with Crippen LogP contribution in [0.2, 0.25) is 0 Å². The number of ether oxygens (including phenoxy) is 2. The largest absolute Gasteiger partial charge is 0.465 e. The van der Waals surface area contributed by atoms with Gasteiger partial charge in [0.05, 0.1) is 19.8 Å². The molecule has 1 aromatic heterocycles. The third kappa shape index (κ3) is 4.42. The van der Waals surface area contributed by atoms with Crippen LogP contribution in [0.15, 0.2) is 16.8 Å². The Balaban J connectivity index is 2.17. The standard InChI is InChI=1S/C10H15NO3S/c1-2-14-10(12)9(11)6-13-5-8-3-4-15-7-8/h3-4,7,9H,2,5-6,11H2,1H3/t9-/m0/s1. The van der Waals surface area contributed by atoms with Gasteiger partial charge in [0.15, 0.2) is 0 Å². The molecule has 0 bridgehead atoms. The van der Waals surface area contributed by atoms with Crippen molar-refractivity contribution in [2.75, 3.05) is 13.2 Å². The molecule has 4 nitrogen and oxygen atoms in total. The van der Waals surface area contributed by atoms with Gasteiger partial charge >= 0.3 is 5.97 Å². The SMILES string of the molecule is CCOC(=O)[C@@H](N)COCc1ccsc1. The number of esters is 1. The molecule has 0 amide bonds. The Kier molecular flexibility index (Phi) is 5.31. The van der Waals surface area contributed by atoms with Crippen LogP contribution in [0.3, 0.4) is 0 Å². The summed E-state index contributed by atoms with van der Waals surface area (Å²) < 4.78 is 10.0. The van der Waals surface area contributed by atoms with Gasteiger partial charge in [-0.1, -0.05) is 0 Å². The van der Waals surface area contributed by atoms with Gasteiger partial charge < -0.3 is 15.2 Å². The molecule has 0 unspecified atom stereocenters. The number of hydrogen-bond donors (Lipinski definition) is 1. The van der Waals surface area contributed by atoms with Gasteiger partial charge in [-0.05, 0) is 29.3 Å². The Bertz CT molecular complexity index is 287. The van der Waals surface area contributed by atoms with Crippen LogP contribution >= 0.6 is 11.3 Å². The van der Waals surface area contributed by atoms with E-state index in [4.69, 9.17) is 15.2 Å². The smallest absolute Gasteiger partial charge is 0.325 e. The molecule has 1 rings (SSSR count). The van der Waals surface area contributed by atoms with E-state index in [9.17, 15) is 4.79 Å². The highest BCUT2D eigenvalue weighted by atomic mass is 32.1. The zero-order chi connectivity index (χ0) is 11.1. The summed E-state index contributed by atoms with van der Waals surface area (Å²) in [6.07, 6.45) is 0. The average Bonchev–Trinajstić information content (AvgIpc) is 2.71. The van der Waals surface area contributed by atoms with Gasteiger partial charge in [0, 0.05) is 0 Å². The second-order valence-corrected chi connectivity index (χ2v) is 3.79. The number of rotatable bonds is 6. The third-order valence-electron chi connectivity index (χ3n) is 1.74. The minimum absolute atomic E-state index is 0.189. The lowest BCUT2D eigenvalue weighted by atomic mass is 10.3. The summed E-state index contributed by atoms with van der Waals surface area (Å²) >= 11 is 1.61. The quantitative estimate of drug-likeness (QED) is 0.743. The number of thiophene rings is 1. The lowest BCUT2D eigenvalue weighted by molar-refractivity contribution is -0.146. The summed E-state index contributed by atoms with van der Waals surface area (Å²) in [6.45, 7) is 2.76. The Morgan fingerprint density at radius 1 is 1.67 bits per heavy atom. The van der Waals surface area contributed by atoms with E-state index in [1.165, 1.54) is 0 Å². The molecular formula is C10H15NO3S. The van der Waals surface area contributed by atoms with Crippen molar-refractivity contribution in [1.29, 1.82) is 0 Å². The van der Waals surface area contributed by atoms with E-state index in [1.807, 2.05) is 16.8 Å². The van der Waals surface area contributed by atoms with Crippen LogP contribution in [-0.4, -0.2) is 25.2 Å². The molecule has 84 valence electrons. The van der Waals surface area contributed by atoms with Crippen molar-refractivity contribution in [1.82, 2.24) is 0 Å². The van der Waals surface area contributed by atoms with Crippen molar-refractivity contribution < 1.29 is 14.3 Å². The number of hydrogen-bond acceptors (Lipinski definition) is 5. The van der Waals surface area contributed by atoms with Gasteiger partial charge in [-0.2, -0.15) is 11.3 Å². The first kappa shape index (κ1) is 12.2. The monoisotopic (exact) mass is 229 g/mol. The summed E-state index contributed by atoms with van der Waals surface area (Å²) in [4.78, 5) is 11.1. The fourth-order valence-corrected chi connectivity index (χ4v) is 1.65. The topological polar surface area (TPSA) is 61.5 Å². The molecule has 5 heteroatoms. The summed E-state index contributed by atoms with van der Waals surface area (Å²) in [5.41, 5.74) is 6.64. The van der Waals surface area contributed by atoms with Crippen LogP contribution in [0, 0.1) is 0 Å². The second kappa shape index (κ2) is 6.55. The molecule has 0 spiro atoms. The minimum Gasteiger partial charge on any atom is -0.465 e. The molecule has 0 radical (unpaired) electrons. The zero-order valence-corrected chi connectivity index (χ0v) is 9.46. The molecule has 0 aliphatic heterocycles. The highest BCUT2D eigenvalue weighted by Crippen LogP contribution is 2.07. The Labute approximate surface area is 93.0 Å². The molecule has 0 saturated heterocycles. The Morgan fingerprint density at radius 3 is 3.07 bits per heavy atom. The first-order valence-corrected chi connectivity index (χ1v) is 5.69. The molecule has 1 aromatic rings. The van der Waals surface area contributed by atoms with Gasteiger partial charge in [-0.25, -0.2) is 0 Å². The van der Waals surface area contributed by atoms with Gasteiger partial charge in [-0.3, -0.25) is 4.79 Å². The molecule has 0 fully saturated rings. The Hall–Kier alpha value is -0.910. The van der Waals surface area contributed by atoms with E-state index >= 15 is 0 Å². The zero-order valence-electron chi connectivity index (χ0n) is 8.64. The highest BCUT2D eigenvalue weighted by Gasteiger charge is 2.14. The van der Waals surface area contributed by atoms with Crippen LogP contribution in [0.1, 0.15) is 12.5 Å². The van der Waals surface area contributed by atoms with Crippen LogP contribution < -0.4 is 5.73 Å². The van der Waals surface area contributed by atoms with Crippen molar-refractivity contribution >= 4 is 17.3 Å². The van der Waals surface area contributed by atoms with Gasteiger partial charge in [0.25, 0.3) is 0 Å². The highest BCUT2D eigenvalue weighted by molar-refractivity contribution is 7.07. The summed E-state index contributed by atoms with van der Waals surface area (Å²) in [5.74, 6) is -0.414. The second-order valence-electron chi connectivity index (χ2n) is 3.01. The molecule has 0 aliphatic carbocycles. The van der Waals surface area contributed by atoms with Crippen molar-refractivity contribution in [3.8, 4) is 0 Å². The van der Waals surface area contributed by atoms with Crippen molar-refractivity contribution in [2.24, 2.45) is 5.73 Å². The van der Waals surface area contributed by atoms with Crippen LogP contribution in [0.4, 0.5) is 0 Å². The molecule has 0 saturated carbocycles. The number of carbonyl (C=O) groups excluding carboxylic acids is 1. The maximum atomic E-state index is 11.1. The van der Waals surface area contributed by atoms with E-state index in [2.05, 4.69) is 0 Å². The van der Waals surface area contributed by atoms with Crippen LogP contribution in [-0.2, 0) is 20.9 Å². The molecule has 2 N–H and O–H groups in total. The maximum Gasteiger partial charge on any atom is 0.325 e. The average molecular weight is 229 g/mol. The summed E-state index contributed by atoms with van der Waals surface area (Å²) in [5, 5.41) is 3.97. The van der Waals surface area contributed by atoms with Gasteiger partial charge in [-0.15, -0.1) is 0 Å². The van der Waals surface area contributed by atoms with Crippen LogP contribution in [0.5, 0.6) is 0 Å². The van der Waals surface area contributed by atoms with Crippen molar-refractivity contribution in [2.45, 2.75) is 19.6 Å². The molecule has 1 atom stereocenters. The van der Waals surface area contributed by atoms with Crippen LogP contribution in [0.25, 0.3) is 0 Å². The lowest BCUT2D eigenvalue weighted by Gasteiger charge is -2.10. The van der Waals surface area contributed by atoms with E-state index in [0.717, 1.165) is 5.56 Å². The van der Waals surface area contributed by atoms with E-state index in [1.54, 1.807) is 18.3 Å². The molecule has 0 aliphatic rings. The fourth-order valence-electron chi connectivity index (χ4n) is 0.996. The first-order valence-electron chi connectivity index (χ1n) is 4.75. The Morgan fingerprint density at radius 2 is 2.47 bits per heavy atom. The van der Waals surface area contributed by atoms with Gasteiger partial charge in [0.2, 0.25) is 0 Å². The van der Waals surface area contributed by atoms with E-state index in [-0.39, 0.29) is 6.61 Å². The molecule has 15 heavy (non-hydrogen) atoms. The lowest BCUT2D eigenvalue weighted by Crippen LogP contribution is -2.36. The summed E-state index contributed by atoms with van der Waals surface area (Å²) in [6, 6.07) is 1.28. The fraction of sp³-hybridized carbons (Fsp3) is 0.500. The number of nitrogens with two attached hydrogens (primary N) is 1.